The lowest BCUT2D eigenvalue weighted by molar-refractivity contribution is -0.133. The van der Waals surface area contributed by atoms with Crippen LogP contribution in [0.3, 0.4) is 0 Å². The summed E-state index contributed by atoms with van der Waals surface area (Å²) in [5.41, 5.74) is -0.221. The van der Waals surface area contributed by atoms with E-state index in [-0.39, 0.29) is 0 Å². The number of carbonyl (C=O) groups excluding carboxylic acids is 1. The minimum absolute atomic E-state index is 0.391. The Morgan fingerprint density at radius 1 is 1.38 bits per heavy atom. The number of anilines is 1. The predicted octanol–water partition coefficient (Wildman–Crippen LogP) is 1.29. The topological polar surface area (TPSA) is 64.3 Å². The lowest BCUT2D eigenvalue weighted by Gasteiger charge is -2.24. The van der Waals surface area contributed by atoms with Gasteiger partial charge < -0.3 is 10.0 Å². The van der Waals surface area contributed by atoms with E-state index >= 15 is 0 Å². The molecule has 0 saturated heterocycles. The van der Waals surface area contributed by atoms with Crippen LogP contribution in [0.25, 0.3) is 0 Å². The number of hydrogen-bond acceptors (Lipinski definition) is 3. The number of likely N-dealkylation sites (N-methyl/N-ethyl adjacent to an activating group) is 1. The normalized spacial score (nSPS) is 10.7. The van der Waals surface area contributed by atoms with Crippen molar-refractivity contribution < 1.29 is 9.90 Å². The highest BCUT2D eigenvalue weighted by Crippen LogP contribution is 2.17. The van der Waals surface area contributed by atoms with Crippen LogP contribution in [0.15, 0.2) is 24.3 Å². The first-order valence-corrected chi connectivity index (χ1v) is 4.87. The van der Waals surface area contributed by atoms with Crippen molar-refractivity contribution in [1.29, 1.82) is 5.26 Å². The van der Waals surface area contributed by atoms with Crippen LogP contribution in [0.5, 0.6) is 0 Å². The van der Waals surface area contributed by atoms with E-state index in [9.17, 15) is 9.90 Å². The van der Waals surface area contributed by atoms with Crippen LogP contribution in [-0.4, -0.2) is 23.7 Å². The Balaban J connectivity index is 2.94. The first-order valence-electron chi connectivity index (χ1n) is 4.87. The minimum Gasteiger partial charge on any atom is -0.381 e. The van der Waals surface area contributed by atoms with Crippen LogP contribution in [0, 0.1) is 11.3 Å². The summed E-state index contributed by atoms with van der Waals surface area (Å²) in [5, 5.41) is 18.2. The maximum atomic E-state index is 11.7. The average Bonchev–Trinajstić information content (AvgIpc) is 2.26. The standard InChI is InChI=1S/C12H14N2O2/c1-12(2,16)11(15)14(3)10-6-4-9(8-13)5-7-10/h4-7,16H,1-3H3. The average molecular weight is 218 g/mol. The molecule has 0 spiro atoms. The summed E-state index contributed by atoms with van der Waals surface area (Å²) in [6.45, 7) is 2.88. The number of rotatable bonds is 2. The summed E-state index contributed by atoms with van der Waals surface area (Å²) in [6.07, 6.45) is 0. The van der Waals surface area contributed by atoms with Crippen LogP contribution in [-0.2, 0) is 4.79 Å². The molecule has 0 atom stereocenters. The van der Waals surface area contributed by atoms with E-state index in [1.54, 1.807) is 31.3 Å². The van der Waals surface area contributed by atoms with Gasteiger partial charge in [0.15, 0.2) is 0 Å². The molecule has 1 aromatic rings. The number of benzene rings is 1. The Hall–Kier alpha value is -1.86. The molecular weight excluding hydrogens is 204 g/mol. The number of amides is 1. The van der Waals surface area contributed by atoms with E-state index in [4.69, 9.17) is 5.26 Å². The highest BCUT2D eigenvalue weighted by molar-refractivity contribution is 5.98. The molecule has 84 valence electrons. The van der Waals surface area contributed by atoms with Gasteiger partial charge in [-0.1, -0.05) is 0 Å². The molecule has 0 aliphatic rings. The maximum Gasteiger partial charge on any atom is 0.258 e. The molecule has 0 unspecified atom stereocenters. The quantitative estimate of drug-likeness (QED) is 0.813. The van der Waals surface area contributed by atoms with Gasteiger partial charge in [0.05, 0.1) is 11.6 Å². The smallest absolute Gasteiger partial charge is 0.258 e. The molecule has 1 aromatic carbocycles. The second-order valence-corrected chi connectivity index (χ2v) is 4.08. The van der Waals surface area contributed by atoms with Gasteiger partial charge in [-0.25, -0.2) is 0 Å². The Morgan fingerprint density at radius 3 is 2.25 bits per heavy atom. The van der Waals surface area contributed by atoms with Gasteiger partial charge >= 0.3 is 0 Å². The van der Waals surface area contributed by atoms with Crippen LogP contribution in [0.2, 0.25) is 0 Å². The third kappa shape index (κ3) is 2.59. The molecule has 1 amide bonds. The minimum atomic E-state index is -1.40. The van der Waals surface area contributed by atoms with E-state index in [0.717, 1.165) is 0 Å². The van der Waals surface area contributed by atoms with Crippen molar-refractivity contribution in [3.8, 4) is 6.07 Å². The molecular formula is C12H14N2O2. The lowest BCUT2D eigenvalue weighted by atomic mass is 10.1. The molecule has 0 saturated carbocycles. The maximum absolute atomic E-state index is 11.7. The fraction of sp³-hybridized carbons (Fsp3) is 0.333. The van der Waals surface area contributed by atoms with Gasteiger partial charge in [-0.3, -0.25) is 4.79 Å². The summed E-state index contributed by atoms with van der Waals surface area (Å²) >= 11 is 0. The van der Waals surface area contributed by atoms with Gasteiger partial charge in [-0.2, -0.15) is 5.26 Å². The molecule has 0 bridgehead atoms. The van der Waals surface area contributed by atoms with Crippen LogP contribution >= 0.6 is 0 Å². The van der Waals surface area contributed by atoms with E-state index < -0.39 is 11.5 Å². The van der Waals surface area contributed by atoms with Crippen molar-refractivity contribution >= 4 is 11.6 Å². The Morgan fingerprint density at radius 2 is 1.88 bits per heavy atom. The van der Waals surface area contributed by atoms with Gasteiger partial charge in [-0.15, -0.1) is 0 Å². The summed E-state index contributed by atoms with van der Waals surface area (Å²) in [4.78, 5) is 13.1. The Labute approximate surface area is 94.7 Å². The van der Waals surface area contributed by atoms with Gasteiger partial charge in [0, 0.05) is 12.7 Å². The zero-order chi connectivity index (χ0) is 12.3. The zero-order valence-electron chi connectivity index (χ0n) is 9.56. The van der Waals surface area contributed by atoms with Crippen molar-refractivity contribution in [2.24, 2.45) is 0 Å². The molecule has 0 aliphatic carbocycles. The second-order valence-electron chi connectivity index (χ2n) is 4.08. The molecule has 16 heavy (non-hydrogen) atoms. The molecule has 0 aliphatic heterocycles. The fourth-order valence-electron chi connectivity index (χ4n) is 1.29. The SMILES string of the molecule is CN(C(=O)C(C)(C)O)c1ccc(C#N)cc1. The zero-order valence-corrected chi connectivity index (χ0v) is 9.56. The molecule has 0 radical (unpaired) electrons. The summed E-state index contributed by atoms with van der Waals surface area (Å²) in [6, 6.07) is 8.59. The molecule has 1 N–H and O–H groups in total. The third-order valence-corrected chi connectivity index (χ3v) is 2.21. The number of hydrogen-bond donors (Lipinski definition) is 1. The van der Waals surface area contributed by atoms with Gasteiger partial charge in [0.2, 0.25) is 0 Å². The van der Waals surface area contributed by atoms with Crippen molar-refractivity contribution in [2.75, 3.05) is 11.9 Å². The second kappa shape index (κ2) is 4.33. The highest BCUT2D eigenvalue weighted by Gasteiger charge is 2.27. The van der Waals surface area contributed by atoms with Gasteiger partial charge in [-0.05, 0) is 38.1 Å². The molecule has 4 nitrogen and oxygen atoms in total. The van der Waals surface area contributed by atoms with Gasteiger partial charge in [0.25, 0.3) is 5.91 Å². The summed E-state index contributed by atoms with van der Waals surface area (Å²) in [7, 11) is 1.59. The summed E-state index contributed by atoms with van der Waals surface area (Å²) < 4.78 is 0. The molecule has 4 heteroatoms. The van der Waals surface area contributed by atoms with E-state index in [1.165, 1.54) is 18.7 Å². The van der Waals surface area contributed by atoms with Crippen LogP contribution in [0.4, 0.5) is 5.69 Å². The highest BCUT2D eigenvalue weighted by atomic mass is 16.3. The van der Waals surface area contributed by atoms with E-state index in [2.05, 4.69) is 0 Å². The van der Waals surface area contributed by atoms with E-state index in [1.807, 2.05) is 6.07 Å². The van der Waals surface area contributed by atoms with Crippen molar-refractivity contribution in [2.45, 2.75) is 19.4 Å². The largest absolute Gasteiger partial charge is 0.381 e. The van der Waals surface area contributed by atoms with Gasteiger partial charge in [0.1, 0.15) is 5.60 Å². The molecule has 0 fully saturated rings. The Bertz CT molecular complexity index is 424. The molecule has 0 heterocycles. The molecule has 1 rings (SSSR count). The third-order valence-electron chi connectivity index (χ3n) is 2.21. The first-order chi connectivity index (χ1) is 7.36. The Kier molecular flexibility index (Phi) is 3.31. The predicted molar refractivity (Wildman–Crippen MR) is 60.9 cm³/mol. The van der Waals surface area contributed by atoms with Crippen LogP contribution in [0.1, 0.15) is 19.4 Å². The number of nitrogens with zero attached hydrogens (tertiary/aromatic N) is 2. The first kappa shape index (κ1) is 12.2. The number of aliphatic hydroxyl groups is 1. The monoisotopic (exact) mass is 218 g/mol. The lowest BCUT2D eigenvalue weighted by Crippen LogP contribution is -2.43. The van der Waals surface area contributed by atoms with Crippen molar-refractivity contribution in [3.05, 3.63) is 29.8 Å². The number of nitriles is 1. The van der Waals surface area contributed by atoms with E-state index in [0.29, 0.717) is 11.3 Å². The van der Waals surface area contributed by atoms with Crippen LogP contribution < -0.4 is 4.90 Å². The summed E-state index contributed by atoms with van der Waals surface area (Å²) in [5.74, 6) is -0.391. The fourth-order valence-corrected chi connectivity index (χ4v) is 1.29. The number of carbonyl (C=O) groups is 1. The van der Waals surface area contributed by atoms with Crippen molar-refractivity contribution in [1.82, 2.24) is 0 Å². The van der Waals surface area contributed by atoms with Crippen molar-refractivity contribution in [3.63, 3.8) is 0 Å². The molecule has 0 aromatic heterocycles.